The van der Waals surface area contributed by atoms with Crippen LogP contribution in [0.4, 0.5) is 0 Å². The molecule has 0 spiro atoms. The Morgan fingerprint density at radius 1 is 1.12 bits per heavy atom. The second kappa shape index (κ2) is 10.1. The molecular formula is C42H53NO6. The Kier molecular flexibility index (Phi) is 6.82. The number of esters is 1. The number of ether oxygens (including phenoxy) is 2. The number of carbonyl (C=O) groups excluding carboxylic acids is 2. The highest BCUT2D eigenvalue weighted by Crippen LogP contribution is 2.71. The van der Waals surface area contributed by atoms with Crippen LogP contribution < -0.4 is 0 Å². The number of aromatic nitrogens is 1. The van der Waals surface area contributed by atoms with Gasteiger partial charge in [0.1, 0.15) is 6.04 Å². The van der Waals surface area contributed by atoms with E-state index in [1.165, 1.54) is 18.4 Å². The number of ketones is 1. The van der Waals surface area contributed by atoms with E-state index in [-0.39, 0.29) is 40.8 Å². The molecule has 3 heterocycles. The zero-order chi connectivity index (χ0) is 35.4. The molecule has 0 unspecified atom stereocenters. The normalized spacial score (nSPS) is 39.3. The van der Waals surface area contributed by atoms with E-state index >= 15 is 0 Å². The number of benzene rings is 1. The van der Waals surface area contributed by atoms with Crippen LogP contribution in [-0.2, 0) is 26.1 Å². The van der Waals surface area contributed by atoms with Crippen molar-refractivity contribution in [2.24, 2.45) is 28.6 Å². The zero-order valence-electron chi connectivity index (χ0n) is 30.7. The van der Waals surface area contributed by atoms with Crippen molar-refractivity contribution in [2.45, 2.75) is 129 Å². The molecule has 2 fully saturated rings. The summed E-state index contributed by atoms with van der Waals surface area (Å²) in [6.45, 7) is 21.6. The summed E-state index contributed by atoms with van der Waals surface area (Å²) in [5, 5.41) is 24.9. The summed E-state index contributed by atoms with van der Waals surface area (Å²) in [6.07, 6.45) is 9.45. The quantitative estimate of drug-likeness (QED) is 0.256. The van der Waals surface area contributed by atoms with Crippen molar-refractivity contribution >= 4 is 28.2 Å². The van der Waals surface area contributed by atoms with Gasteiger partial charge >= 0.3 is 5.97 Å². The molecule has 7 nitrogen and oxygen atoms in total. The van der Waals surface area contributed by atoms with Gasteiger partial charge in [-0.3, -0.25) is 9.59 Å². The van der Waals surface area contributed by atoms with Crippen LogP contribution in [0, 0.1) is 28.6 Å². The van der Waals surface area contributed by atoms with Crippen molar-refractivity contribution in [3.63, 3.8) is 0 Å². The molecule has 49 heavy (non-hydrogen) atoms. The molecule has 0 radical (unpaired) electrons. The van der Waals surface area contributed by atoms with Crippen molar-refractivity contribution in [1.82, 2.24) is 4.57 Å². The third kappa shape index (κ3) is 3.96. The first-order valence-corrected chi connectivity index (χ1v) is 18.3. The fourth-order valence-electron chi connectivity index (χ4n) is 12.6. The number of fused-ring (bicyclic) bond motifs is 11. The Morgan fingerprint density at radius 2 is 1.84 bits per heavy atom. The number of hydrogen-bond donors (Lipinski definition) is 2. The molecule has 262 valence electrons. The summed E-state index contributed by atoms with van der Waals surface area (Å²) < 4.78 is 13.8. The lowest BCUT2D eigenvalue weighted by molar-refractivity contribution is -0.145. The molecule has 1 aromatic carbocycles. The number of allylic oxidation sites excluding steroid dienone is 1. The molecule has 0 bridgehead atoms. The average Bonchev–Trinajstić information content (AvgIpc) is 3.67. The molecule has 2 saturated carbocycles. The van der Waals surface area contributed by atoms with E-state index in [1.54, 1.807) is 0 Å². The Labute approximate surface area is 290 Å². The number of aliphatic hydroxyl groups is 2. The third-order valence-electron chi connectivity index (χ3n) is 14.6. The monoisotopic (exact) mass is 667 g/mol. The van der Waals surface area contributed by atoms with Crippen LogP contribution in [0.1, 0.15) is 132 Å². The van der Waals surface area contributed by atoms with E-state index < -0.39 is 34.9 Å². The van der Waals surface area contributed by atoms with Crippen molar-refractivity contribution in [2.75, 3.05) is 7.11 Å². The van der Waals surface area contributed by atoms with E-state index in [0.717, 1.165) is 58.9 Å². The smallest absolute Gasteiger partial charge is 0.309 e. The minimum Gasteiger partial charge on any atom is -0.469 e. The zero-order valence-corrected chi connectivity index (χ0v) is 30.7. The lowest BCUT2D eigenvalue weighted by Crippen LogP contribution is -2.62. The van der Waals surface area contributed by atoms with Gasteiger partial charge in [-0.05, 0) is 113 Å². The number of hydrogen-bond acceptors (Lipinski definition) is 6. The van der Waals surface area contributed by atoms with Gasteiger partial charge in [-0.2, -0.15) is 0 Å². The highest BCUT2D eigenvalue weighted by molar-refractivity contribution is 6.18. The molecule has 7 heteroatoms. The summed E-state index contributed by atoms with van der Waals surface area (Å²) >= 11 is 0. The maximum atomic E-state index is 14.8. The fraction of sp³-hybridized carbons (Fsp3) is 0.619. The van der Waals surface area contributed by atoms with E-state index in [2.05, 4.69) is 77.8 Å². The third-order valence-corrected chi connectivity index (χ3v) is 14.6. The number of nitrogens with zero attached hydrogens (tertiary/aromatic N) is 1. The van der Waals surface area contributed by atoms with Gasteiger partial charge in [-0.25, -0.2) is 0 Å². The standard InChI is InChI=1S/C42H53NO6/c1-21(2)33-36(47)31-30-23(26-20-38(3,4)49-39(5,6)32(26)35(30)46)19-24-25-18-22-13-14-27-40(7,16-11-12-29(45)48-10)28(44)15-17-41(27,8)42(22,9)37(25)43(33)34(24)31/h11,16,19-20,22,27-28,32-33,35,44,46H,1,12-15,17-18H2,2-10H3/b16-11+/t22-,27-,28-,32+,33-,35+,40-,41-,42+/m0/s1. The van der Waals surface area contributed by atoms with Gasteiger partial charge in [0.15, 0.2) is 5.78 Å². The van der Waals surface area contributed by atoms with Gasteiger partial charge in [0.05, 0.1) is 48.0 Å². The first kappa shape index (κ1) is 33.2. The van der Waals surface area contributed by atoms with Crippen LogP contribution >= 0.6 is 0 Å². The van der Waals surface area contributed by atoms with Crippen LogP contribution in [0.2, 0.25) is 0 Å². The van der Waals surface area contributed by atoms with E-state index in [1.807, 2.05) is 13.0 Å². The average molecular weight is 668 g/mol. The number of aliphatic hydroxyl groups excluding tert-OH is 2. The molecular weight excluding hydrogens is 614 g/mol. The molecule has 8 rings (SSSR count). The SMILES string of the molecule is C=C(C)[C@H]1C(=O)c2c3c(cc4c5c(n1c24)[C@@]1(C)[C@@H](CC[C@H]2[C@](C)(/C=C/CC(=O)OC)[C@@H](O)CC[C@@]21C)C5)C1=CC(C)(C)OC(C)(C)[C@H]1[C@@H]3O. The van der Waals surface area contributed by atoms with Gasteiger partial charge in [-0.15, -0.1) is 0 Å². The number of methoxy groups -OCH3 is 1. The Hall–Kier alpha value is -3.00. The predicted octanol–water partition coefficient (Wildman–Crippen LogP) is 7.72. The minimum absolute atomic E-state index is 0.0302. The number of Topliss-reactive ketones (excluding diaryl/α,β-unsaturated/α-hetero) is 1. The van der Waals surface area contributed by atoms with E-state index in [9.17, 15) is 19.8 Å². The molecule has 0 amide bonds. The lowest BCUT2D eigenvalue weighted by Gasteiger charge is -2.64. The first-order valence-electron chi connectivity index (χ1n) is 18.3. The topological polar surface area (TPSA) is 98.0 Å². The molecule has 6 aliphatic rings. The van der Waals surface area contributed by atoms with Gasteiger partial charge in [0.2, 0.25) is 0 Å². The Morgan fingerprint density at radius 3 is 2.51 bits per heavy atom. The van der Waals surface area contributed by atoms with Crippen molar-refractivity contribution < 1.29 is 29.3 Å². The maximum absolute atomic E-state index is 14.8. The van der Waals surface area contributed by atoms with Gasteiger partial charge in [0.25, 0.3) is 0 Å². The van der Waals surface area contributed by atoms with Crippen LogP contribution in [0.5, 0.6) is 0 Å². The van der Waals surface area contributed by atoms with Crippen LogP contribution in [0.25, 0.3) is 16.5 Å². The Balaban J connectivity index is 1.36. The second-order valence-electron chi connectivity index (χ2n) is 18.0. The highest BCUT2D eigenvalue weighted by atomic mass is 16.5. The predicted molar refractivity (Wildman–Crippen MR) is 190 cm³/mol. The highest BCUT2D eigenvalue weighted by Gasteiger charge is 2.67. The molecule has 1 aromatic heterocycles. The van der Waals surface area contributed by atoms with E-state index in [4.69, 9.17) is 9.47 Å². The first-order chi connectivity index (χ1) is 22.8. The van der Waals surface area contributed by atoms with Crippen LogP contribution in [-0.4, -0.2) is 50.9 Å². The summed E-state index contributed by atoms with van der Waals surface area (Å²) in [4.78, 5) is 26.9. The second-order valence-corrected chi connectivity index (χ2v) is 18.0. The van der Waals surface area contributed by atoms with Gasteiger partial charge in [0, 0.05) is 33.4 Å². The summed E-state index contributed by atoms with van der Waals surface area (Å²) in [5.41, 5.74) is 5.75. The largest absolute Gasteiger partial charge is 0.469 e. The molecule has 2 aliphatic heterocycles. The van der Waals surface area contributed by atoms with E-state index in [0.29, 0.717) is 17.9 Å². The minimum atomic E-state index is -0.852. The van der Waals surface area contributed by atoms with Crippen molar-refractivity contribution in [3.05, 3.63) is 64.4 Å². The molecule has 2 aromatic rings. The number of carbonyl (C=O) groups is 2. The molecule has 0 saturated heterocycles. The van der Waals surface area contributed by atoms with Crippen LogP contribution in [0.15, 0.2) is 36.4 Å². The van der Waals surface area contributed by atoms with Crippen molar-refractivity contribution in [3.8, 4) is 0 Å². The fourth-order valence-corrected chi connectivity index (χ4v) is 12.6. The molecule has 9 atom stereocenters. The van der Waals surface area contributed by atoms with Crippen molar-refractivity contribution in [1.29, 1.82) is 0 Å². The molecule has 2 N–H and O–H groups in total. The lowest BCUT2D eigenvalue weighted by atomic mass is 9.40. The summed E-state index contributed by atoms with van der Waals surface area (Å²) in [6, 6.07) is 1.77. The molecule has 4 aliphatic carbocycles. The van der Waals surface area contributed by atoms with Gasteiger partial charge in [-0.1, -0.05) is 45.1 Å². The van der Waals surface area contributed by atoms with Gasteiger partial charge < -0.3 is 24.3 Å². The van der Waals surface area contributed by atoms with Crippen LogP contribution in [0.3, 0.4) is 0 Å². The number of rotatable bonds is 4. The maximum Gasteiger partial charge on any atom is 0.309 e. The Bertz CT molecular complexity index is 1930. The summed E-state index contributed by atoms with van der Waals surface area (Å²) in [5.74, 6) is 0.0322. The summed E-state index contributed by atoms with van der Waals surface area (Å²) in [7, 11) is 1.40.